The van der Waals surface area contributed by atoms with E-state index in [-0.39, 0.29) is 17.7 Å². The highest BCUT2D eigenvalue weighted by atomic mass is 35.5. The molecule has 0 bridgehead atoms. The molecule has 1 atom stereocenters. The highest BCUT2D eigenvalue weighted by Gasteiger charge is 2.20. The summed E-state index contributed by atoms with van der Waals surface area (Å²) in [7, 11) is 0. The quantitative estimate of drug-likeness (QED) is 0.784. The zero-order chi connectivity index (χ0) is 19.1. The van der Waals surface area contributed by atoms with Crippen LogP contribution < -0.4 is 5.32 Å². The second-order valence-corrected chi connectivity index (χ2v) is 7.34. The van der Waals surface area contributed by atoms with E-state index in [1.165, 1.54) is 0 Å². The van der Waals surface area contributed by atoms with Gasteiger partial charge in [-0.15, -0.1) is 0 Å². The molecule has 4 nitrogen and oxygen atoms in total. The molecule has 1 aliphatic heterocycles. The van der Waals surface area contributed by atoms with Crippen molar-refractivity contribution < 1.29 is 9.59 Å². The van der Waals surface area contributed by atoms with Gasteiger partial charge in [-0.2, -0.15) is 0 Å². The van der Waals surface area contributed by atoms with Gasteiger partial charge in [0, 0.05) is 43.4 Å². The number of piperidine rings is 1. The predicted octanol–water partition coefficient (Wildman–Crippen LogP) is 3.99. The molecule has 5 heteroatoms. The largest absolute Gasteiger partial charge is 0.354 e. The van der Waals surface area contributed by atoms with E-state index in [1.54, 1.807) is 0 Å². The lowest BCUT2D eigenvalue weighted by molar-refractivity contribution is -0.133. The molecule has 2 aromatic rings. The zero-order valence-corrected chi connectivity index (χ0v) is 16.1. The molecule has 0 aromatic heterocycles. The SMILES string of the molecule is O=C(CC(c1ccccc1)c1ccc(Cl)cc1)NCCN1CCCCC1=O. The van der Waals surface area contributed by atoms with Gasteiger partial charge in [0.1, 0.15) is 0 Å². The van der Waals surface area contributed by atoms with Crippen molar-refractivity contribution >= 4 is 23.4 Å². The minimum atomic E-state index is -0.0277. The lowest BCUT2D eigenvalue weighted by Gasteiger charge is -2.26. The molecule has 1 N–H and O–H groups in total. The Kier molecular flexibility index (Phi) is 6.88. The number of nitrogens with one attached hydrogen (secondary N) is 1. The number of likely N-dealkylation sites (tertiary alicyclic amines) is 1. The maximum Gasteiger partial charge on any atom is 0.222 e. The Morgan fingerprint density at radius 3 is 2.44 bits per heavy atom. The van der Waals surface area contributed by atoms with Crippen LogP contribution in [0.2, 0.25) is 5.02 Å². The molecule has 2 aromatic carbocycles. The third kappa shape index (κ3) is 5.57. The van der Waals surface area contributed by atoms with E-state index < -0.39 is 0 Å². The fourth-order valence-electron chi connectivity index (χ4n) is 3.49. The maximum atomic E-state index is 12.5. The summed E-state index contributed by atoms with van der Waals surface area (Å²) in [6.07, 6.45) is 3.01. The van der Waals surface area contributed by atoms with Crippen LogP contribution in [0.4, 0.5) is 0 Å². The number of halogens is 1. The minimum absolute atomic E-state index is 0.0109. The summed E-state index contributed by atoms with van der Waals surface area (Å²) in [5.74, 6) is 0.155. The fraction of sp³-hybridized carbons (Fsp3) is 0.364. The Morgan fingerprint density at radius 1 is 1.04 bits per heavy atom. The average molecular weight is 385 g/mol. The number of rotatable bonds is 7. The number of amides is 2. The topological polar surface area (TPSA) is 49.4 Å². The molecule has 1 saturated heterocycles. The summed E-state index contributed by atoms with van der Waals surface area (Å²) in [5, 5.41) is 3.65. The van der Waals surface area contributed by atoms with Crippen molar-refractivity contribution in [3.8, 4) is 0 Å². The van der Waals surface area contributed by atoms with Crippen molar-refractivity contribution in [1.29, 1.82) is 0 Å². The predicted molar refractivity (Wildman–Crippen MR) is 108 cm³/mol. The summed E-state index contributed by atoms with van der Waals surface area (Å²) in [6.45, 7) is 1.88. The number of hydrogen-bond donors (Lipinski definition) is 1. The van der Waals surface area contributed by atoms with E-state index in [2.05, 4.69) is 5.32 Å². The van der Waals surface area contributed by atoms with Crippen LogP contribution in [0.5, 0.6) is 0 Å². The summed E-state index contributed by atoms with van der Waals surface area (Å²) in [5.41, 5.74) is 2.16. The third-order valence-electron chi connectivity index (χ3n) is 4.99. The molecule has 1 heterocycles. The van der Waals surface area contributed by atoms with Gasteiger partial charge in [0.25, 0.3) is 0 Å². The van der Waals surface area contributed by atoms with Crippen LogP contribution in [-0.2, 0) is 9.59 Å². The van der Waals surface area contributed by atoms with E-state index in [1.807, 2.05) is 59.5 Å². The van der Waals surface area contributed by atoms with E-state index in [4.69, 9.17) is 11.6 Å². The molecule has 1 unspecified atom stereocenters. The molecule has 0 spiro atoms. The first-order valence-corrected chi connectivity index (χ1v) is 9.86. The summed E-state index contributed by atoms with van der Waals surface area (Å²) in [6, 6.07) is 17.7. The van der Waals surface area contributed by atoms with Crippen molar-refractivity contribution in [2.45, 2.75) is 31.6 Å². The molecular formula is C22H25ClN2O2. The van der Waals surface area contributed by atoms with E-state index in [0.717, 1.165) is 30.5 Å². The van der Waals surface area contributed by atoms with Crippen molar-refractivity contribution in [3.05, 3.63) is 70.7 Å². The first-order valence-electron chi connectivity index (χ1n) is 9.48. The fourth-order valence-corrected chi connectivity index (χ4v) is 3.62. The van der Waals surface area contributed by atoms with Crippen molar-refractivity contribution in [3.63, 3.8) is 0 Å². The average Bonchev–Trinajstić information content (AvgIpc) is 2.69. The van der Waals surface area contributed by atoms with E-state index >= 15 is 0 Å². The zero-order valence-electron chi connectivity index (χ0n) is 15.4. The molecule has 0 aliphatic carbocycles. The minimum Gasteiger partial charge on any atom is -0.354 e. The van der Waals surface area contributed by atoms with Crippen molar-refractivity contribution in [1.82, 2.24) is 10.2 Å². The highest BCUT2D eigenvalue weighted by Crippen LogP contribution is 2.28. The normalized spacial score (nSPS) is 15.4. The Labute approximate surface area is 165 Å². The summed E-state index contributed by atoms with van der Waals surface area (Å²) < 4.78 is 0. The molecular weight excluding hydrogens is 360 g/mol. The second-order valence-electron chi connectivity index (χ2n) is 6.91. The van der Waals surface area contributed by atoms with Crippen LogP contribution in [0.1, 0.15) is 42.7 Å². The van der Waals surface area contributed by atoms with Gasteiger partial charge in [-0.1, -0.05) is 54.1 Å². The lowest BCUT2D eigenvalue weighted by Crippen LogP contribution is -2.41. The van der Waals surface area contributed by atoms with Crippen LogP contribution in [0.25, 0.3) is 0 Å². The van der Waals surface area contributed by atoms with Crippen LogP contribution in [0.3, 0.4) is 0 Å². The number of carbonyl (C=O) groups excluding carboxylic acids is 2. The summed E-state index contributed by atoms with van der Waals surface area (Å²) in [4.78, 5) is 26.2. The maximum absolute atomic E-state index is 12.5. The highest BCUT2D eigenvalue weighted by molar-refractivity contribution is 6.30. The Morgan fingerprint density at radius 2 is 1.74 bits per heavy atom. The molecule has 0 radical (unpaired) electrons. The lowest BCUT2D eigenvalue weighted by atomic mass is 9.88. The van der Waals surface area contributed by atoms with Gasteiger partial charge in [-0.05, 0) is 36.1 Å². The van der Waals surface area contributed by atoms with E-state index in [0.29, 0.717) is 31.0 Å². The summed E-state index contributed by atoms with van der Waals surface area (Å²) >= 11 is 6.01. The third-order valence-corrected chi connectivity index (χ3v) is 5.24. The number of carbonyl (C=O) groups is 2. The smallest absolute Gasteiger partial charge is 0.222 e. The molecule has 142 valence electrons. The van der Waals surface area contributed by atoms with Gasteiger partial charge in [-0.3, -0.25) is 9.59 Å². The number of hydrogen-bond acceptors (Lipinski definition) is 2. The number of nitrogens with zero attached hydrogens (tertiary/aromatic N) is 1. The van der Waals surface area contributed by atoms with Crippen LogP contribution in [0, 0.1) is 0 Å². The first kappa shape index (κ1) is 19.4. The number of benzene rings is 2. The van der Waals surface area contributed by atoms with Gasteiger partial charge in [0.05, 0.1) is 0 Å². The molecule has 3 rings (SSSR count). The van der Waals surface area contributed by atoms with Gasteiger partial charge in [0.15, 0.2) is 0 Å². The first-order chi connectivity index (χ1) is 13.1. The van der Waals surface area contributed by atoms with Crippen molar-refractivity contribution in [2.24, 2.45) is 0 Å². The second kappa shape index (κ2) is 9.56. The Hall–Kier alpha value is -2.33. The van der Waals surface area contributed by atoms with Gasteiger partial charge in [0.2, 0.25) is 11.8 Å². The van der Waals surface area contributed by atoms with Gasteiger partial charge < -0.3 is 10.2 Å². The Balaban J connectivity index is 1.60. The van der Waals surface area contributed by atoms with Gasteiger partial charge >= 0.3 is 0 Å². The van der Waals surface area contributed by atoms with E-state index in [9.17, 15) is 9.59 Å². The van der Waals surface area contributed by atoms with Crippen LogP contribution in [0.15, 0.2) is 54.6 Å². The standard InChI is InChI=1S/C22H25ClN2O2/c23-19-11-9-18(10-12-19)20(17-6-2-1-3-7-17)16-21(26)24-13-15-25-14-5-4-8-22(25)27/h1-3,6-7,9-12,20H,4-5,8,13-16H2,(H,24,26). The molecule has 27 heavy (non-hydrogen) atoms. The molecule has 1 fully saturated rings. The van der Waals surface area contributed by atoms with Gasteiger partial charge in [-0.25, -0.2) is 0 Å². The Bertz CT molecular complexity index is 762. The van der Waals surface area contributed by atoms with Crippen molar-refractivity contribution in [2.75, 3.05) is 19.6 Å². The molecule has 0 saturated carbocycles. The molecule has 2 amide bonds. The van der Waals surface area contributed by atoms with Crippen LogP contribution >= 0.6 is 11.6 Å². The van der Waals surface area contributed by atoms with Crippen LogP contribution in [-0.4, -0.2) is 36.3 Å². The molecule has 1 aliphatic rings. The monoisotopic (exact) mass is 384 g/mol.